The molecular formula is C14H12BrClN2O2. The molecule has 6 heteroatoms. The van der Waals surface area contributed by atoms with Gasteiger partial charge in [-0.15, -0.1) is 0 Å². The van der Waals surface area contributed by atoms with Gasteiger partial charge >= 0.3 is 0 Å². The number of anilines is 1. The second kappa shape index (κ2) is 6.24. The van der Waals surface area contributed by atoms with E-state index in [0.29, 0.717) is 17.1 Å². The van der Waals surface area contributed by atoms with Gasteiger partial charge in [0.15, 0.2) is 0 Å². The van der Waals surface area contributed by atoms with Gasteiger partial charge in [0.1, 0.15) is 0 Å². The largest absolute Gasteiger partial charge is 0.381 e. The van der Waals surface area contributed by atoms with Crippen molar-refractivity contribution in [2.75, 3.05) is 5.32 Å². The first kappa shape index (κ1) is 14.8. The summed E-state index contributed by atoms with van der Waals surface area (Å²) in [7, 11) is 0. The van der Waals surface area contributed by atoms with E-state index in [9.17, 15) is 10.1 Å². The molecular weight excluding hydrogens is 344 g/mol. The molecule has 0 amide bonds. The summed E-state index contributed by atoms with van der Waals surface area (Å²) >= 11 is 9.49. The fourth-order valence-corrected chi connectivity index (χ4v) is 2.40. The molecule has 0 aliphatic carbocycles. The molecule has 104 valence electrons. The maximum Gasteiger partial charge on any atom is 0.275 e. The lowest BCUT2D eigenvalue weighted by Crippen LogP contribution is -2.04. The third-order valence-corrected chi connectivity index (χ3v) is 4.14. The van der Waals surface area contributed by atoms with E-state index in [1.165, 1.54) is 6.07 Å². The number of nitro groups is 1. The van der Waals surface area contributed by atoms with Gasteiger partial charge < -0.3 is 5.32 Å². The highest BCUT2D eigenvalue weighted by Crippen LogP contribution is 2.28. The minimum absolute atomic E-state index is 0.0242. The van der Waals surface area contributed by atoms with Crippen molar-refractivity contribution in [2.45, 2.75) is 13.5 Å². The number of hydrogen-bond acceptors (Lipinski definition) is 3. The predicted octanol–water partition coefficient (Wildman–Crippen LogP) is 4.93. The highest BCUT2D eigenvalue weighted by atomic mass is 79.9. The van der Waals surface area contributed by atoms with Crippen molar-refractivity contribution in [2.24, 2.45) is 0 Å². The smallest absolute Gasteiger partial charge is 0.275 e. The molecule has 0 heterocycles. The average molecular weight is 356 g/mol. The Bertz CT molecular complexity index is 662. The topological polar surface area (TPSA) is 55.2 Å². The summed E-state index contributed by atoms with van der Waals surface area (Å²) in [5, 5.41) is 14.5. The van der Waals surface area contributed by atoms with Gasteiger partial charge in [-0.3, -0.25) is 10.1 Å². The molecule has 0 aliphatic heterocycles. The van der Waals surface area contributed by atoms with E-state index in [1.54, 1.807) is 12.1 Å². The van der Waals surface area contributed by atoms with E-state index in [-0.39, 0.29) is 5.69 Å². The van der Waals surface area contributed by atoms with E-state index < -0.39 is 4.92 Å². The molecule has 0 bridgehead atoms. The first-order chi connectivity index (χ1) is 9.49. The monoisotopic (exact) mass is 354 g/mol. The van der Waals surface area contributed by atoms with Crippen LogP contribution in [-0.2, 0) is 6.54 Å². The number of nitrogens with one attached hydrogen (secondary N) is 1. The SMILES string of the molecule is Cc1ccc(NCc2c(Cl)cccc2[N+](=O)[O-])cc1Br. The van der Waals surface area contributed by atoms with Crippen molar-refractivity contribution >= 4 is 38.9 Å². The van der Waals surface area contributed by atoms with Crippen LogP contribution in [0.5, 0.6) is 0 Å². The quantitative estimate of drug-likeness (QED) is 0.625. The lowest BCUT2D eigenvalue weighted by atomic mass is 10.1. The van der Waals surface area contributed by atoms with Gasteiger partial charge in [0.2, 0.25) is 0 Å². The van der Waals surface area contributed by atoms with E-state index >= 15 is 0 Å². The maximum atomic E-state index is 11.0. The molecule has 0 fully saturated rings. The Kier molecular flexibility index (Phi) is 4.62. The first-order valence-electron chi connectivity index (χ1n) is 5.91. The number of nitro benzene ring substituents is 1. The van der Waals surface area contributed by atoms with Gasteiger partial charge in [-0.2, -0.15) is 0 Å². The zero-order valence-corrected chi connectivity index (χ0v) is 13.0. The van der Waals surface area contributed by atoms with Crippen molar-refractivity contribution < 1.29 is 4.92 Å². The summed E-state index contributed by atoms with van der Waals surface area (Å²) in [6.45, 7) is 2.29. The highest BCUT2D eigenvalue weighted by Gasteiger charge is 2.16. The molecule has 20 heavy (non-hydrogen) atoms. The Morgan fingerprint density at radius 2 is 2.10 bits per heavy atom. The van der Waals surface area contributed by atoms with Crippen molar-refractivity contribution in [1.29, 1.82) is 0 Å². The summed E-state index contributed by atoms with van der Waals surface area (Å²) in [4.78, 5) is 10.6. The van der Waals surface area contributed by atoms with E-state index in [1.807, 2.05) is 25.1 Å². The number of nitrogens with zero attached hydrogens (tertiary/aromatic N) is 1. The summed E-state index contributed by atoms with van der Waals surface area (Å²) in [6, 6.07) is 10.5. The van der Waals surface area contributed by atoms with Crippen LogP contribution in [0, 0.1) is 17.0 Å². The van der Waals surface area contributed by atoms with Crippen LogP contribution < -0.4 is 5.32 Å². The van der Waals surface area contributed by atoms with Crippen LogP contribution in [0.2, 0.25) is 5.02 Å². The first-order valence-corrected chi connectivity index (χ1v) is 7.08. The van der Waals surface area contributed by atoms with Crippen LogP contribution in [0.25, 0.3) is 0 Å². The Labute approximate surface area is 130 Å². The summed E-state index contributed by atoms with van der Waals surface area (Å²) < 4.78 is 0.983. The third-order valence-electron chi connectivity index (χ3n) is 2.93. The molecule has 2 aromatic rings. The predicted molar refractivity (Wildman–Crippen MR) is 84.3 cm³/mol. The Morgan fingerprint density at radius 3 is 2.75 bits per heavy atom. The van der Waals surface area contributed by atoms with Crippen molar-refractivity contribution in [1.82, 2.24) is 0 Å². The lowest BCUT2D eigenvalue weighted by Gasteiger charge is -2.10. The molecule has 0 unspecified atom stereocenters. The number of benzene rings is 2. The van der Waals surface area contributed by atoms with Gasteiger partial charge in [0.05, 0.1) is 15.5 Å². The van der Waals surface area contributed by atoms with Crippen LogP contribution in [0.15, 0.2) is 40.9 Å². The third kappa shape index (κ3) is 3.29. The fourth-order valence-electron chi connectivity index (χ4n) is 1.79. The second-order valence-corrected chi connectivity index (χ2v) is 5.57. The maximum absolute atomic E-state index is 11.0. The zero-order valence-electron chi connectivity index (χ0n) is 10.7. The van der Waals surface area contributed by atoms with E-state index in [0.717, 1.165) is 15.7 Å². The van der Waals surface area contributed by atoms with Gasteiger partial charge in [0.25, 0.3) is 5.69 Å². The molecule has 0 aliphatic rings. The number of aryl methyl sites for hydroxylation is 1. The highest BCUT2D eigenvalue weighted by molar-refractivity contribution is 9.10. The Hall–Kier alpha value is -1.59. The Balaban J connectivity index is 2.22. The molecule has 1 N–H and O–H groups in total. The van der Waals surface area contributed by atoms with Crippen LogP contribution >= 0.6 is 27.5 Å². The van der Waals surface area contributed by atoms with Crippen LogP contribution in [0.4, 0.5) is 11.4 Å². The van der Waals surface area contributed by atoms with Crippen LogP contribution in [0.1, 0.15) is 11.1 Å². The van der Waals surface area contributed by atoms with Crippen LogP contribution in [-0.4, -0.2) is 4.92 Å². The molecule has 0 saturated carbocycles. The fraction of sp³-hybridized carbons (Fsp3) is 0.143. The average Bonchev–Trinajstić information content (AvgIpc) is 2.40. The number of halogens is 2. The van der Waals surface area contributed by atoms with Crippen molar-refractivity contribution in [3.8, 4) is 0 Å². The summed E-state index contributed by atoms with van der Waals surface area (Å²) in [5.41, 5.74) is 2.50. The minimum Gasteiger partial charge on any atom is -0.381 e. The molecule has 0 aromatic heterocycles. The molecule has 0 atom stereocenters. The molecule has 0 saturated heterocycles. The molecule has 4 nitrogen and oxygen atoms in total. The zero-order chi connectivity index (χ0) is 14.7. The summed E-state index contributed by atoms with van der Waals surface area (Å²) in [5.74, 6) is 0. The molecule has 0 spiro atoms. The van der Waals surface area contributed by atoms with E-state index in [4.69, 9.17) is 11.6 Å². The van der Waals surface area contributed by atoms with Gasteiger partial charge in [-0.1, -0.05) is 39.7 Å². The van der Waals surface area contributed by atoms with Crippen molar-refractivity contribution in [3.05, 3.63) is 67.1 Å². The van der Waals surface area contributed by atoms with Crippen LogP contribution in [0.3, 0.4) is 0 Å². The molecule has 2 aromatic carbocycles. The number of hydrogen-bond donors (Lipinski definition) is 1. The Morgan fingerprint density at radius 1 is 1.35 bits per heavy atom. The number of rotatable bonds is 4. The van der Waals surface area contributed by atoms with Gasteiger partial charge in [0, 0.05) is 22.8 Å². The standard InChI is InChI=1S/C14H12BrClN2O2/c1-9-5-6-10(7-12(9)15)17-8-11-13(16)3-2-4-14(11)18(19)20/h2-7,17H,8H2,1H3. The van der Waals surface area contributed by atoms with Gasteiger partial charge in [-0.25, -0.2) is 0 Å². The molecule has 0 radical (unpaired) electrons. The van der Waals surface area contributed by atoms with Gasteiger partial charge in [-0.05, 0) is 30.7 Å². The summed E-state index contributed by atoms with van der Waals surface area (Å²) in [6.07, 6.45) is 0. The van der Waals surface area contributed by atoms with E-state index in [2.05, 4.69) is 21.2 Å². The van der Waals surface area contributed by atoms with Crippen molar-refractivity contribution in [3.63, 3.8) is 0 Å². The molecule has 2 rings (SSSR count). The lowest BCUT2D eigenvalue weighted by molar-refractivity contribution is -0.385. The second-order valence-electron chi connectivity index (χ2n) is 4.31. The minimum atomic E-state index is -0.423. The normalized spacial score (nSPS) is 10.3.